The number of hydrogen-bond acceptors (Lipinski definition) is 1. The Labute approximate surface area is 118 Å². The lowest BCUT2D eigenvalue weighted by molar-refractivity contribution is 0.341. The van der Waals surface area contributed by atoms with Crippen molar-refractivity contribution in [1.29, 1.82) is 0 Å². The molecule has 1 nitrogen and oxygen atoms in total. The van der Waals surface area contributed by atoms with Crippen molar-refractivity contribution in [3.05, 3.63) is 29.3 Å². The summed E-state index contributed by atoms with van der Waals surface area (Å²) in [5, 5.41) is 3.76. The summed E-state index contributed by atoms with van der Waals surface area (Å²) in [6, 6.07) is 7.47. The molecule has 0 bridgehead atoms. The van der Waals surface area contributed by atoms with Gasteiger partial charge in [0.15, 0.2) is 0 Å². The second kappa shape index (κ2) is 6.45. The second-order valence-electron chi connectivity index (χ2n) is 6.73. The topological polar surface area (TPSA) is 12.0 Å². The molecule has 0 aromatic heterocycles. The summed E-state index contributed by atoms with van der Waals surface area (Å²) in [7, 11) is 0. The van der Waals surface area contributed by atoms with E-state index in [0.29, 0.717) is 6.04 Å². The highest BCUT2D eigenvalue weighted by molar-refractivity contribution is 5.49. The average molecular weight is 259 g/mol. The highest BCUT2D eigenvalue weighted by Crippen LogP contribution is 2.30. The van der Waals surface area contributed by atoms with E-state index in [1.54, 1.807) is 0 Å². The first-order valence-corrected chi connectivity index (χ1v) is 7.89. The van der Waals surface area contributed by atoms with Crippen LogP contribution in [0.25, 0.3) is 0 Å². The maximum atomic E-state index is 3.76. The smallest absolute Gasteiger partial charge is 0.0347 e. The second-order valence-corrected chi connectivity index (χ2v) is 6.73. The van der Waals surface area contributed by atoms with Crippen molar-refractivity contribution < 1.29 is 0 Å². The van der Waals surface area contributed by atoms with Gasteiger partial charge in [0.1, 0.15) is 0 Å². The molecule has 0 saturated heterocycles. The first-order chi connectivity index (χ1) is 9.04. The molecule has 0 radical (unpaired) electrons. The molecule has 1 fully saturated rings. The van der Waals surface area contributed by atoms with E-state index in [9.17, 15) is 0 Å². The third kappa shape index (κ3) is 4.26. The lowest BCUT2D eigenvalue weighted by Crippen LogP contribution is -2.18. The van der Waals surface area contributed by atoms with Crippen LogP contribution in [0, 0.1) is 25.7 Å². The molecule has 2 unspecified atom stereocenters. The van der Waals surface area contributed by atoms with Crippen LogP contribution in [0.15, 0.2) is 18.2 Å². The van der Waals surface area contributed by atoms with Gasteiger partial charge < -0.3 is 5.32 Å². The summed E-state index contributed by atoms with van der Waals surface area (Å²) in [6.07, 6.45) is 6.85. The minimum absolute atomic E-state index is 0.671. The summed E-state index contributed by atoms with van der Waals surface area (Å²) in [6.45, 7) is 9.12. The molecule has 106 valence electrons. The van der Waals surface area contributed by atoms with E-state index in [1.165, 1.54) is 48.9 Å². The van der Waals surface area contributed by atoms with E-state index in [1.807, 2.05) is 0 Å². The van der Waals surface area contributed by atoms with Crippen LogP contribution in [0.4, 0.5) is 5.69 Å². The minimum atomic E-state index is 0.671. The maximum absolute atomic E-state index is 3.76. The van der Waals surface area contributed by atoms with Crippen LogP contribution in [0.1, 0.15) is 57.1 Å². The molecule has 1 heteroatoms. The molecular formula is C18H29N. The monoisotopic (exact) mass is 259 g/mol. The van der Waals surface area contributed by atoms with Crippen LogP contribution in [-0.4, -0.2) is 6.04 Å². The highest BCUT2D eigenvalue weighted by Gasteiger charge is 2.20. The van der Waals surface area contributed by atoms with Crippen LogP contribution in [0.5, 0.6) is 0 Å². The molecule has 0 heterocycles. The van der Waals surface area contributed by atoms with Crippen molar-refractivity contribution in [2.75, 3.05) is 5.32 Å². The van der Waals surface area contributed by atoms with Crippen molar-refractivity contribution in [3.8, 4) is 0 Å². The predicted molar refractivity (Wildman–Crippen MR) is 84.7 cm³/mol. The zero-order chi connectivity index (χ0) is 13.8. The van der Waals surface area contributed by atoms with Crippen LogP contribution < -0.4 is 5.32 Å². The number of hydrogen-bond donors (Lipinski definition) is 1. The number of nitrogens with one attached hydrogen (secondary N) is 1. The van der Waals surface area contributed by atoms with Gasteiger partial charge in [-0.3, -0.25) is 0 Å². The quantitative estimate of drug-likeness (QED) is 0.724. The molecule has 2 atom stereocenters. The van der Waals surface area contributed by atoms with Gasteiger partial charge >= 0.3 is 0 Å². The Bertz CT molecular complexity index is 388. The molecule has 1 aromatic rings. The van der Waals surface area contributed by atoms with Gasteiger partial charge in [0, 0.05) is 11.7 Å². The Kier molecular flexibility index (Phi) is 4.90. The SMILES string of the molecule is Cc1cc(C)cc(NC2CCCC(C(C)C)CC2)c1. The van der Waals surface area contributed by atoms with Crippen LogP contribution >= 0.6 is 0 Å². The summed E-state index contributed by atoms with van der Waals surface area (Å²) in [5.41, 5.74) is 4.03. The zero-order valence-electron chi connectivity index (χ0n) is 13.0. The minimum Gasteiger partial charge on any atom is -0.382 e. The average Bonchev–Trinajstić information content (AvgIpc) is 2.53. The molecule has 1 N–H and O–H groups in total. The molecule has 0 amide bonds. The third-order valence-corrected chi connectivity index (χ3v) is 4.55. The van der Waals surface area contributed by atoms with E-state index < -0.39 is 0 Å². The molecule has 0 spiro atoms. The van der Waals surface area contributed by atoms with Gasteiger partial charge in [-0.15, -0.1) is 0 Å². The fourth-order valence-electron chi connectivity index (χ4n) is 3.44. The Morgan fingerprint density at radius 3 is 2.26 bits per heavy atom. The lowest BCUT2D eigenvalue weighted by Gasteiger charge is -2.20. The summed E-state index contributed by atoms with van der Waals surface area (Å²) < 4.78 is 0. The van der Waals surface area contributed by atoms with Crippen molar-refractivity contribution in [2.45, 2.75) is 65.8 Å². The number of benzene rings is 1. The summed E-state index contributed by atoms with van der Waals surface area (Å²) in [5.74, 6) is 1.78. The van der Waals surface area contributed by atoms with Crippen LogP contribution in [0.2, 0.25) is 0 Å². The van der Waals surface area contributed by atoms with Gasteiger partial charge in [0.05, 0.1) is 0 Å². The third-order valence-electron chi connectivity index (χ3n) is 4.55. The number of anilines is 1. The van der Waals surface area contributed by atoms with Gasteiger partial charge in [-0.25, -0.2) is 0 Å². The molecule has 19 heavy (non-hydrogen) atoms. The van der Waals surface area contributed by atoms with Gasteiger partial charge in [-0.1, -0.05) is 32.8 Å². The molecule has 2 rings (SSSR count). The van der Waals surface area contributed by atoms with Crippen LogP contribution in [0.3, 0.4) is 0 Å². The standard InChI is InChI=1S/C18H29N/c1-13(2)16-6-5-7-17(9-8-16)19-18-11-14(3)10-15(4)12-18/h10-13,16-17,19H,5-9H2,1-4H3. The molecule has 1 saturated carbocycles. The summed E-state index contributed by atoms with van der Waals surface area (Å²) >= 11 is 0. The fourth-order valence-corrected chi connectivity index (χ4v) is 3.44. The molecule has 1 aliphatic rings. The Morgan fingerprint density at radius 1 is 0.947 bits per heavy atom. The molecular weight excluding hydrogens is 230 g/mol. The highest BCUT2D eigenvalue weighted by atomic mass is 14.9. The first-order valence-electron chi connectivity index (χ1n) is 7.89. The maximum Gasteiger partial charge on any atom is 0.0347 e. The largest absolute Gasteiger partial charge is 0.382 e. The van der Waals surface area contributed by atoms with E-state index >= 15 is 0 Å². The van der Waals surface area contributed by atoms with Gasteiger partial charge in [-0.05, 0) is 68.2 Å². The molecule has 1 aliphatic carbocycles. The molecule has 1 aromatic carbocycles. The fraction of sp³-hybridized carbons (Fsp3) is 0.667. The van der Waals surface area contributed by atoms with Gasteiger partial charge in [-0.2, -0.15) is 0 Å². The number of aryl methyl sites for hydroxylation is 2. The van der Waals surface area contributed by atoms with E-state index in [2.05, 4.69) is 51.2 Å². The van der Waals surface area contributed by atoms with Crippen molar-refractivity contribution >= 4 is 5.69 Å². The predicted octanol–water partition coefficient (Wildman–Crippen LogP) is 5.32. The normalized spacial score (nSPS) is 24.3. The van der Waals surface area contributed by atoms with Crippen molar-refractivity contribution in [2.24, 2.45) is 11.8 Å². The van der Waals surface area contributed by atoms with Gasteiger partial charge in [0.25, 0.3) is 0 Å². The van der Waals surface area contributed by atoms with Gasteiger partial charge in [0.2, 0.25) is 0 Å². The first kappa shape index (κ1) is 14.4. The summed E-state index contributed by atoms with van der Waals surface area (Å²) in [4.78, 5) is 0. The number of rotatable bonds is 3. The van der Waals surface area contributed by atoms with E-state index in [-0.39, 0.29) is 0 Å². The van der Waals surface area contributed by atoms with Crippen LogP contribution in [-0.2, 0) is 0 Å². The van der Waals surface area contributed by atoms with Crippen molar-refractivity contribution in [1.82, 2.24) is 0 Å². The Balaban J connectivity index is 1.95. The lowest BCUT2D eigenvalue weighted by atomic mass is 9.89. The van der Waals surface area contributed by atoms with E-state index in [0.717, 1.165) is 11.8 Å². The Hall–Kier alpha value is -0.980. The van der Waals surface area contributed by atoms with E-state index in [4.69, 9.17) is 0 Å². The van der Waals surface area contributed by atoms with Crippen molar-refractivity contribution in [3.63, 3.8) is 0 Å². The Morgan fingerprint density at radius 2 is 1.63 bits per heavy atom. The zero-order valence-corrected chi connectivity index (χ0v) is 13.0. The molecule has 0 aliphatic heterocycles.